The van der Waals surface area contributed by atoms with Crippen LogP contribution < -0.4 is 9.84 Å². The smallest absolute Gasteiger partial charge is 0.266 e. The predicted molar refractivity (Wildman–Crippen MR) is 78.8 cm³/mol. The van der Waals surface area contributed by atoms with Crippen molar-refractivity contribution >= 4 is 17.5 Å². The topological polar surface area (TPSA) is 92.5 Å². The molecule has 0 aliphatic rings. The minimum atomic E-state index is -1.02. The molecule has 0 spiro atoms. The third kappa shape index (κ3) is 3.37. The fourth-order valence-electron chi connectivity index (χ4n) is 1.98. The van der Waals surface area contributed by atoms with E-state index in [0.29, 0.717) is 0 Å². The lowest BCUT2D eigenvalue weighted by molar-refractivity contribution is -0.398. The zero-order chi connectivity index (χ0) is 17.9. The number of nitrogens with zero attached hydrogens (tertiary/aromatic N) is 1. The van der Waals surface area contributed by atoms with Crippen LogP contribution in [0.25, 0.3) is 6.08 Å². The van der Waals surface area contributed by atoms with Crippen LogP contribution in [-0.4, -0.2) is 17.8 Å². The average molecular weight is 334 g/mol. The molecule has 0 unspecified atom stereocenters. The number of ketones is 1. The van der Waals surface area contributed by atoms with Crippen LogP contribution in [0.4, 0.5) is 14.5 Å². The first kappa shape index (κ1) is 17.1. The summed E-state index contributed by atoms with van der Waals surface area (Å²) in [5.74, 6) is -4.20. The molecule has 0 amide bonds. The van der Waals surface area contributed by atoms with Gasteiger partial charge in [0.2, 0.25) is 0 Å². The van der Waals surface area contributed by atoms with Crippen LogP contribution in [0.2, 0.25) is 0 Å². The van der Waals surface area contributed by atoms with E-state index in [0.717, 1.165) is 43.5 Å². The van der Waals surface area contributed by atoms with E-state index in [4.69, 9.17) is 4.74 Å². The number of hydrogen-bond acceptors (Lipinski definition) is 5. The molecule has 0 fully saturated rings. The van der Waals surface area contributed by atoms with E-state index >= 15 is 0 Å². The molecule has 6 nitrogen and oxygen atoms in total. The SMILES string of the molecule is COc1cc(/C=C/C(=O)c2c(F)cccc2F)cc([N+](=O)[O-])c1[O-]. The van der Waals surface area contributed by atoms with Crippen LogP contribution in [0.5, 0.6) is 11.5 Å². The van der Waals surface area contributed by atoms with Gasteiger partial charge < -0.3 is 9.84 Å². The quantitative estimate of drug-likeness (QED) is 0.363. The summed E-state index contributed by atoms with van der Waals surface area (Å²) in [6.45, 7) is 0. The summed E-state index contributed by atoms with van der Waals surface area (Å²) in [7, 11) is 1.16. The molecule has 0 radical (unpaired) electrons. The van der Waals surface area contributed by atoms with Crippen LogP contribution in [0.15, 0.2) is 36.4 Å². The normalized spacial score (nSPS) is 10.8. The van der Waals surface area contributed by atoms with Gasteiger partial charge in [-0.2, -0.15) is 0 Å². The fraction of sp³-hybridized carbons (Fsp3) is 0.0625. The van der Waals surface area contributed by atoms with Crippen LogP contribution in [0.1, 0.15) is 15.9 Å². The third-order valence-corrected chi connectivity index (χ3v) is 3.11. The Morgan fingerprint density at radius 1 is 1.25 bits per heavy atom. The number of benzene rings is 2. The first-order valence-electron chi connectivity index (χ1n) is 6.55. The first-order valence-corrected chi connectivity index (χ1v) is 6.55. The summed E-state index contributed by atoms with van der Waals surface area (Å²) in [6, 6.07) is 5.10. The zero-order valence-electron chi connectivity index (χ0n) is 12.3. The lowest BCUT2D eigenvalue weighted by atomic mass is 10.1. The van der Waals surface area contributed by atoms with Crippen molar-refractivity contribution in [2.24, 2.45) is 0 Å². The van der Waals surface area contributed by atoms with Gasteiger partial charge in [0, 0.05) is 11.8 Å². The molecule has 0 aliphatic heterocycles. The molecule has 8 heteroatoms. The van der Waals surface area contributed by atoms with Crippen LogP contribution in [-0.2, 0) is 0 Å². The maximum absolute atomic E-state index is 13.5. The zero-order valence-corrected chi connectivity index (χ0v) is 12.3. The van der Waals surface area contributed by atoms with Gasteiger partial charge >= 0.3 is 0 Å². The summed E-state index contributed by atoms with van der Waals surface area (Å²) >= 11 is 0. The van der Waals surface area contributed by atoms with Gasteiger partial charge in [-0.25, -0.2) is 8.78 Å². The third-order valence-electron chi connectivity index (χ3n) is 3.11. The van der Waals surface area contributed by atoms with Crippen LogP contribution >= 0.6 is 0 Å². The molecule has 0 saturated heterocycles. The summed E-state index contributed by atoms with van der Waals surface area (Å²) in [5.41, 5.74) is -1.38. The second kappa shape index (κ2) is 6.86. The van der Waals surface area contributed by atoms with Crippen molar-refractivity contribution in [1.29, 1.82) is 0 Å². The Bertz CT molecular complexity index is 828. The van der Waals surface area contributed by atoms with Crippen molar-refractivity contribution in [2.45, 2.75) is 0 Å². The van der Waals surface area contributed by atoms with E-state index in [1.165, 1.54) is 6.07 Å². The molecule has 2 rings (SSSR count). The van der Waals surface area contributed by atoms with Gasteiger partial charge in [-0.1, -0.05) is 12.1 Å². The monoisotopic (exact) mass is 334 g/mol. The molecule has 0 bridgehead atoms. The highest BCUT2D eigenvalue weighted by Crippen LogP contribution is 2.34. The van der Waals surface area contributed by atoms with Crippen molar-refractivity contribution in [3.8, 4) is 11.5 Å². The molecule has 0 aromatic heterocycles. The minimum Gasteiger partial charge on any atom is -0.865 e. The molecule has 0 heterocycles. The van der Waals surface area contributed by atoms with E-state index in [9.17, 15) is 28.8 Å². The fourth-order valence-corrected chi connectivity index (χ4v) is 1.98. The van der Waals surface area contributed by atoms with Crippen molar-refractivity contribution in [2.75, 3.05) is 7.11 Å². The highest BCUT2D eigenvalue weighted by molar-refractivity contribution is 6.07. The maximum atomic E-state index is 13.5. The molecule has 2 aromatic rings. The summed E-state index contributed by atoms with van der Waals surface area (Å²) in [6.07, 6.45) is 1.95. The van der Waals surface area contributed by atoms with Crippen molar-refractivity contribution in [3.05, 3.63) is 69.3 Å². The number of methoxy groups -OCH3 is 1. The number of allylic oxidation sites excluding steroid dienone is 1. The highest BCUT2D eigenvalue weighted by atomic mass is 19.1. The second-order valence-corrected chi connectivity index (χ2v) is 4.62. The largest absolute Gasteiger partial charge is 0.865 e. The number of hydrogen-bond donors (Lipinski definition) is 0. The standard InChI is InChI=1S/C16H11F2NO5/c1-24-14-8-9(7-12(16(14)21)19(22)23)5-6-13(20)15-10(17)3-2-4-11(15)18/h2-8,21H,1H3/p-1/b6-5+. The number of nitro benzene ring substituents is 1. The van der Waals surface area contributed by atoms with Crippen molar-refractivity contribution in [3.63, 3.8) is 0 Å². The number of carbonyl (C=O) groups is 1. The lowest BCUT2D eigenvalue weighted by Gasteiger charge is -2.13. The van der Waals surface area contributed by atoms with Crippen molar-refractivity contribution in [1.82, 2.24) is 0 Å². The first-order chi connectivity index (χ1) is 11.3. The number of rotatable bonds is 5. The van der Waals surface area contributed by atoms with Crippen molar-refractivity contribution < 1.29 is 28.3 Å². The van der Waals surface area contributed by atoms with E-state index in [1.807, 2.05) is 0 Å². The Morgan fingerprint density at radius 2 is 1.88 bits per heavy atom. The predicted octanol–water partition coefficient (Wildman–Crippen LogP) is 2.85. The van der Waals surface area contributed by atoms with Gasteiger partial charge in [0.15, 0.2) is 5.78 Å². The molecule has 0 saturated carbocycles. The molecular weight excluding hydrogens is 324 g/mol. The summed E-state index contributed by atoms with van der Waals surface area (Å²) in [5, 5.41) is 22.5. The molecule has 2 aromatic carbocycles. The van der Waals surface area contributed by atoms with E-state index in [2.05, 4.69) is 0 Å². The molecule has 124 valence electrons. The van der Waals surface area contributed by atoms with E-state index in [1.54, 1.807) is 0 Å². The van der Waals surface area contributed by atoms with E-state index in [-0.39, 0.29) is 11.3 Å². The van der Waals surface area contributed by atoms with Gasteiger partial charge in [0.1, 0.15) is 17.4 Å². The molecule has 0 N–H and O–H groups in total. The molecule has 0 aliphatic carbocycles. The lowest BCUT2D eigenvalue weighted by Crippen LogP contribution is -2.03. The number of halogens is 2. The average Bonchev–Trinajstić information content (AvgIpc) is 2.53. The summed E-state index contributed by atoms with van der Waals surface area (Å²) < 4.78 is 31.8. The molecular formula is C16H10F2NO5-. The van der Waals surface area contributed by atoms with Gasteiger partial charge in [0.25, 0.3) is 5.69 Å². The second-order valence-electron chi connectivity index (χ2n) is 4.62. The Labute approximate surface area is 134 Å². The number of ether oxygens (including phenoxy) is 1. The molecule has 0 atom stereocenters. The maximum Gasteiger partial charge on any atom is 0.266 e. The Balaban J connectivity index is 2.40. The van der Waals surface area contributed by atoms with Crippen LogP contribution in [0, 0.1) is 21.7 Å². The van der Waals surface area contributed by atoms with E-state index < -0.39 is 39.3 Å². The number of nitro groups is 1. The number of carbonyl (C=O) groups excluding carboxylic acids is 1. The molecule has 24 heavy (non-hydrogen) atoms. The van der Waals surface area contributed by atoms with Gasteiger partial charge in [-0.15, -0.1) is 0 Å². The Morgan fingerprint density at radius 3 is 2.42 bits per heavy atom. The minimum absolute atomic E-state index is 0.100. The van der Waals surface area contributed by atoms with Crippen LogP contribution in [0.3, 0.4) is 0 Å². The van der Waals surface area contributed by atoms with Gasteiger partial charge in [0.05, 0.1) is 17.6 Å². The van der Waals surface area contributed by atoms with Gasteiger partial charge in [-0.05, 0) is 29.8 Å². The summed E-state index contributed by atoms with van der Waals surface area (Å²) in [4.78, 5) is 21.9. The Hall–Kier alpha value is -3.29. The van der Waals surface area contributed by atoms with Gasteiger partial charge in [-0.3, -0.25) is 14.9 Å². The highest BCUT2D eigenvalue weighted by Gasteiger charge is 2.15. The Kier molecular flexibility index (Phi) is 4.88.